The van der Waals surface area contributed by atoms with E-state index in [1.54, 1.807) is 0 Å². The largest absolute Gasteiger partial charge is 0.376 e. The van der Waals surface area contributed by atoms with Crippen LogP contribution in [0, 0.1) is 0 Å². The Hall–Kier alpha value is -0.900. The van der Waals surface area contributed by atoms with Crippen molar-refractivity contribution < 1.29 is 9.47 Å². The molecule has 2 fully saturated rings. The second-order valence-corrected chi connectivity index (χ2v) is 4.94. The minimum atomic E-state index is 0.311. The molecule has 1 aliphatic carbocycles. The van der Waals surface area contributed by atoms with Gasteiger partial charge in [0.2, 0.25) is 0 Å². The minimum Gasteiger partial charge on any atom is -0.376 e. The highest BCUT2D eigenvalue weighted by Gasteiger charge is 2.20. The minimum absolute atomic E-state index is 0.311. The van der Waals surface area contributed by atoms with Crippen molar-refractivity contribution in [3.8, 4) is 0 Å². The molecule has 0 spiro atoms. The molecule has 0 aromatic heterocycles. The van der Waals surface area contributed by atoms with Crippen LogP contribution >= 0.6 is 0 Å². The molecule has 17 heavy (non-hydrogen) atoms. The second kappa shape index (κ2) is 5.17. The van der Waals surface area contributed by atoms with Crippen LogP contribution in [0.5, 0.6) is 0 Å². The molecular weight excluding hydrogens is 214 g/mol. The first kappa shape index (κ1) is 11.2. The molecule has 3 rings (SSSR count). The third-order valence-corrected chi connectivity index (χ3v) is 3.29. The van der Waals surface area contributed by atoms with E-state index >= 15 is 0 Å². The summed E-state index contributed by atoms with van der Waals surface area (Å²) < 4.78 is 10.7. The lowest BCUT2D eigenvalue weighted by molar-refractivity contribution is -0.135. The highest BCUT2D eigenvalue weighted by Crippen LogP contribution is 2.19. The Bertz CT molecular complexity index is 355. The number of ether oxygens (including phenoxy) is 2. The molecule has 1 aromatic carbocycles. The molecule has 1 heterocycles. The average molecular weight is 233 g/mol. The van der Waals surface area contributed by atoms with Crippen LogP contribution in [0.25, 0.3) is 0 Å². The van der Waals surface area contributed by atoms with Crippen molar-refractivity contribution in [2.45, 2.75) is 38.1 Å². The summed E-state index contributed by atoms with van der Waals surface area (Å²) >= 11 is 0. The molecule has 2 aliphatic rings. The number of rotatable bonds is 6. The molecule has 1 N–H and O–H groups in total. The van der Waals surface area contributed by atoms with Crippen LogP contribution in [0.1, 0.15) is 24.0 Å². The Morgan fingerprint density at radius 3 is 2.41 bits per heavy atom. The SMILES string of the molecule is c1cc(COC2COC2)ccc1CNC1CC1. The molecular formula is C14H19NO2. The Labute approximate surface area is 102 Å². The number of nitrogens with one attached hydrogen (secondary N) is 1. The summed E-state index contributed by atoms with van der Waals surface area (Å²) in [6.45, 7) is 3.19. The van der Waals surface area contributed by atoms with Gasteiger partial charge in [-0.05, 0) is 24.0 Å². The summed E-state index contributed by atoms with van der Waals surface area (Å²) in [4.78, 5) is 0. The van der Waals surface area contributed by atoms with Gasteiger partial charge in [-0.25, -0.2) is 0 Å². The quantitative estimate of drug-likeness (QED) is 0.813. The Morgan fingerprint density at radius 2 is 1.82 bits per heavy atom. The lowest BCUT2D eigenvalue weighted by Gasteiger charge is -2.25. The van der Waals surface area contributed by atoms with E-state index in [0.29, 0.717) is 12.7 Å². The van der Waals surface area contributed by atoms with Gasteiger partial charge < -0.3 is 14.8 Å². The third kappa shape index (κ3) is 3.28. The Kier molecular flexibility index (Phi) is 3.41. The van der Waals surface area contributed by atoms with Gasteiger partial charge >= 0.3 is 0 Å². The molecule has 1 saturated heterocycles. The number of hydrogen-bond acceptors (Lipinski definition) is 3. The summed E-state index contributed by atoms with van der Waals surface area (Å²) in [5.41, 5.74) is 2.60. The molecule has 1 aliphatic heterocycles. The molecule has 3 heteroatoms. The van der Waals surface area contributed by atoms with E-state index in [4.69, 9.17) is 9.47 Å². The molecule has 0 unspecified atom stereocenters. The van der Waals surface area contributed by atoms with Gasteiger partial charge in [-0.15, -0.1) is 0 Å². The summed E-state index contributed by atoms with van der Waals surface area (Å²) in [7, 11) is 0. The van der Waals surface area contributed by atoms with Crippen molar-refractivity contribution in [1.29, 1.82) is 0 Å². The number of hydrogen-bond donors (Lipinski definition) is 1. The van der Waals surface area contributed by atoms with Gasteiger partial charge in [0.05, 0.1) is 19.8 Å². The van der Waals surface area contributed by atoms with Crippen molar-refractivity contribution in [1.82, 2.24) is 5.32 Å². The first-order chi connectivity index (χ1) is 8.40. The first-order valence-corrected chi connectivity index (χ1v) is 6.41. The molecule has 92 valence electrons. The molecule has 0 radical (unpaired) electrons. The van der Waals surface area contributed by atoms with Crippen LogP contribution in [0.2, 0.25) is 0 Å². The normalized spacial score (nSPS) is 20.2. The second-order valence-electron chi connectivity index (χ2n) is 4.94. The van der Waals surface area contributed by atoms with Crippen LogP contribution < -0.4 is 5.32 Å². The van der Waals surface area contributed by atoms with Crippen LogP contribution in [0.15, 0.2) is 24.3 Å². The van der Waals surface area contributed by atoms with Gasteiger partial charge in [0.25, 0.3) is 0 Å². The van der Waals surface area contributed by atoms with Gasteiger partial charge in [-0.1, -0.05) is 24.3 Å². The average Bonchev–Trinajstić information content (AvgIpc) is 3.10. The molecule has 1 aromatic rings. The Balaban J connectivity index is 1.44. The van der Waals surface area contributed by atoms with Gasteiger partial charge in [0.15, 0.2) is 0 Å². The zero-order chi connectivity index (χ0) is 11.5. The summed E-state index contributed by atoms with van der Waals surface area (Å²) in [6.07, 6.45) is 3.00. The standard InChI is InChI=1S/C14H19NO2/c1-3-12(8-17-14-9-16-10-14)4-2-11(1)7-15-13-5-6-13/h1-4,13-15H,5-10H2. The maximum atomic E-state index is 5.67. The summed E-state index contributed by atoms with van der Waals surface area (Å²) in [5, 5.41) is 3.51. The van der Waals surface area contributed by atoms with Crippen LogP contribution in [-0.2, 0) is 22.6 Å². The Morgan fingerprint density at radius 1 is 1.12 bits per heavy atom. The maximum Gasteiger partial charge on any atom is 0.105 e. The smallest absolute Gasteiger partial charge is 0.105 e. The van der Waals surface area contributed by atoms with Gasteiger partial charge in [0, 0.05) is 12.6 Å². The molecule has 3 nitrogen and oxygen atoms in total. The van der Waals surface area contributed by atoms with Gasteiger partial charge in [0.1, 0.15) is 6.10 Å². The topological polar surface area (TPSA) is 30.5 Å². The zero-order valence-electron chi connectivity index (χ0n) is 10.0. The van der Waals surface area contributed by atoms with Crippen molar-refractivity contribution in [2.75, 3.05) is 13.2 Å². The van der Waals surface area contributed by atoms with Gasteiger partial charge in [-0.3, -0.25) is 0 Å². The van der Waals surface area contributed by atoms with Crippen molar-refractivity contribution in [2.24, 2.45) is 0 Å². The maximum absolute atomic E-state index is 5.67. The number of benzene rings is 1. The van der Waals surface area contributed by atoms with E-state index in [2.05, 4.69) is 29.6 Å². The van der Waals surface area contributed by atoms with E-state index in [-0.39, 0.29) is 0 Å². The van der Waals surface area contributed by atoms with Crippen LogP contribution in [0.3, 0.4) is 0 Å². The lowest BCUT2D eigenvalue weighted by atomic mass is 10.1. The highest BCUT2D eigenvalue weighted by molar-refractivity contribution is 5.22. The van der Waals surface area contributed by atoms with E-state index in [9.17, 15) is 0 Å². The molecule has 0 amide bonds. The van der Waals surface area contributed by atoms with E-state index in [1.807, 2.05) is 0 Å². The molecule has 0 bridgehead atoms. The summed E-state index contributed by atoms with van der Waals surface area (Å²) in [6, 6.07) is 9.46. The highest BCUT2D eigenvalue weighted by atomic mass is 16.6. The fourth-order valence-corrected chi connectivity index (χ4v) is 1.83. The van der Waals surface area contributed by atoms with E-state index in [1.165, 1.54) is 24.0 Å². The van der Waals surface area contributed by atoms with Gasteiger partial charge in [-0.2, -0.15) is 0 Å². The predicted octanol–water partition coefficient (Wildman–Crippen LogP) is 1.85. The fourth-order valence-electron chi connectivity index (χ4n) is 1.83. The fraction of sp³-hybridized carbons (Fsp3) is 0.571. The van der Waals surface area contributed by atoms with Crippen molar-refractivity contribution >= 4 is 0 Å². The lowest BCUT2D eigenvalue weighted by Crippen LogP contribution is -2.35. The van der Waals surface area contributed by atoms with Crippen LogP contribution in [0.4, 0.5) is 0 Å². The summed E-state index contributed by atoms with van der Waals surface area (Å²) in [5.74, 6) is 0. The van der Waals surface area contributed by atoms with Crippen molar-refractivity contribution in [3.05, 3.63) is 35.4 Å². The van der Waals surface area contributed by atoms with Crippen molar-refractivity contribution in [3.63, 3.8) is 0 Å². The molecule has 1 saturated carbocycles. The van der Waals surface area contributed by atoms with E-state index < -0.39 is 0 Å². The predicted molar refractivity (Wildman–Crippen MR) is 65.7 cm³/mol. The zero-order valence-corrected chi connectivity index (χ0v) is 10.0. The first-order valence-electron chi connectivity index (χ1n) is 6.41. The van der Waals surface area contributed by atoms with Crippen LogP contribution in [-0.4, -0.2) is 25.4 Å². The molecule has 0 atom stereocenters. The third-order valence-electron chi connectivity index (χ3n) is 3.29. The monoisotopic (exact) mass is 233 g/mol. The van der Waals surface area contributed by atoms with E-state index in [0.717, 1.165) is 25.8 Å².